The lowest BCUT2D eigenvalue weighted by Crippen LogP contribution is -2.33. The monoisotopic (exact) mass is 387 g/mol. The molecule has 0 spiro atoms. The Kier molecular flexibility index (Phi) is 4.54. The van der Waals surface area contributed by atoms with Gasteiger partial charge in [-0.2, -0.15) is 0 Å². The number of fused-ring (bicyclic) bond motifs is 1. The van der Waals surface area contributed by atoms with Crippen LogP contribution in [0.1, 0.15) is 38.6 Å². The SMILES string of the molecule is O=C(ON1C(=O)c2ccccc2C1=O)C1CC1c1ccc(OCC(F)F)cc1. The topological polar surface area (TPSA) is 72.9 Å². The number of hydroxylamine groups is 2. The summed E-state index contributed by atoms with van der Waals surface area (Å²) in [6.45, 7) is -0.683. The highest BCUT2D eigenvalue weighted by molar-refractivity contribution is 6.20. The van der Waals surface area contributed by atoms with Crippen molar-refractivity contribution in [2.45, 2.75) is 18.8 Å². The summed E-state index contributed by atoms with van der Waals surface area (Å²) in [6, 6.07) is 12.8. The van der Waals surface area contributed by atoms with Crippen LogP contribution in [-0.4, -0.2) is 35.9 Å². The molecule has 1 aliphatic heterocycles. The van der Waals surface area contributed by atoms with E-state index in [1.807, 2.05) is 0 Å². The van der Waals surface area contributed by atoms with Crippen LogP contribution < -0.4 is 4.74 Å². The quantitative estimate of drug-likeness (QED) is 0.712. The number of carbonyl (C=O) groups is 3. The van der Waals surface area contributed by atoms with Crippen LogP contribution in [0.2, 0.25) is 0 Å². The van der Waals surface area contributed by atoms with E-state index in [0.717, 1.165) is 5.56 Å². The van der Waals surface area contributed by atoms with Crippen LogP contribution in [0.25, 0.3) is 0 Å². The molecule has 28 heavy (non-hydrogen) atoms. The third kappa shape index (κ3) is 3.33. The summed E-state index contributed by atoms with van der Waals surface area (Å²) in [6.07, 6.45) is -2.04. The van der Waals surface area contributed by atoms with Crippen molar-refractivity contribution in [2.75, 3.05) is 6.61 Å². The minimum absolute atomic E-state index is 0.119. The summed E-state index contributed by atoms with van der Waals surface area (Å²) in [5.41, 5.74) is 1.23. The van der Waals surface area contributed by atoms with E-state index >= 15 is 0 Å². The van der Waals surface area contributed by atoms with Crippen LogP contribution in [0.5, 0.6) is 5.75 Å². The van der Waals surface area contributed by atoms with Gasteiger partial charge in [0, 0.05) is 0 Å². The fourth-order valence-electron chi connectivity index (χ4n) is 3.20. The first-order valence-electron chi connectivity index (χ1n) is 8.66. The second-order valence-corrected chi connectivity index (χ2v) is 6.58. The van der Waals surface area contributed by atoms with Gasteiger partial charge < -0.3 is 9.57 Å². The van der Waals surface area contributed by atoms with Crippen LogP contribution in [0.3, 0.4) is 0 Å². The smallest absolute Gasteiger partial charge is 0.336 e. The van der Waals surface area contributed by atoms with Gasteiger partial charge >= 0.3 is 5.97 Å². The summed E-state index contributed by atoms with van der Waals surface area (Å²) < 4.78 is 29.2. The molecule has 0 bridgehead atoms. The zero-order valence-corrected chi connectivity index (χ0v) is 14.5. The molecule has 2 aliphatic rings. The molecule has 4 rings (SSSR count). The molecule has 1 fully saturated rings. The number of benzene rings is 2. The van der Waals surface area contributed by atoms with Crippen molar-refractivity contribution in [3.8, 4) is 5.75 Å². The Bertz CT molecular complexity index is 909. The molecule has 1 heterocycles. The summed E-state index contributed by atoms with van der Waals surface area (Å²) in [5.74, 6) is -2.25. The maximum absolute atomic E-state index is 12.4. The number of nitrogens with zero attached hydrogens (tertiary/aromatic N) is 1. The van der Waals surface area contributed by atoms with Gasteiger partial charge in [-0.15, -0.1) is 0 Å². The Morgan fingerprint density at radius 3 is 2.21 bits per heavy atom. The van der Waals surface area contributed by atoms with Crippen molar-refractivity contribution in [1.82, 2.24) is 5.06 Å². The van der Waals surface area contributed by atoms with Gasteiger partial charge in [-0.25, -0.2) is 13.6 Å². The van der Waals surface area contributed by atoms with Crippen molar-refractivity contribution >= 4 is 17.8 Å². The van der Waals surface area contributed by atoms with Gasteiger partial charge in [0.1, 0.15) is 12.4 Å². The number of hydrogen-bond acceptors (Lipinski definition) is 5. The Morgan fingerprint density at radius 1 is 1.04 bits per heavy atom. The number of amides is 2. The first-order chi connectivity index (χ1) is 13.5. The zero-order chi connectivity index (χ0) is 19.8. The molecule has 2 atom stereocenters. The Hall–Kier alpha value is -3.29. The normalized spacial score (nSPS) is 20.3. The highest BCUT2D eigenvalue weighted by Gasteiger charge is 2.48. The predicted molar refractivity (Wildman–Crippen MR) is 91.8 cm³/mol. The highest BCUT2D eigenvalue weighted by Crippen LogP contribution is 2.48. The van der Waals surface area contributed by atoms with Gasteiger partial charge in [0.05, 0.1) is 17.0 Å². The van der Waals surface area contributed by atoms with Crippen LogP contribution in [0.4, 0.5) is 8.78 Å². The standard InChI is InChI=1S/C20H15F2NO5/c21-17(22)10-27-12-7-5-11(6-8-12)15-9-16(15)20(26)28-23-18(24)13-3-1-2-4-14(13)19(23)25/h1-8,15-17H,9-10H2. The van der Waals surface area contributed by atoms with Crippen LogP contribution >= 0.6 is 0 Å². The van der Waals surface area contributed by atoms with Gasteiger partial charge in [-0.1, -0.05) is 29.3 Å². The molecule has 2 aromatic carbocycles. The summed E-state index contributed by atoms with van der Waals surface area (Å²) >= 11 is 0. The molecular weight excluding hydrogens is 372 g/mol. The van der Waals surface area contributed by atoms with E-state index < -0.39 is 36.7 Å². The second-order valence-electron chi connectivity index (χ2n) is 6.58. The number of hydrogen-bond donors (Lipinski definition) is 0. The van der Waals surface area contributed by atoms with E-state index in [2.05, 4.69) is 0 Å². The molecule has 0 aromatic heterocycles. The van der Waals surface area contributed by atoms with Crippen LogP contribution in [-0.2, 0) is 9.63 Å². The largest absolute Gasteiger partial charge is 0.488 e. The van der Waals surface area contributed by atoms with Gasteiger partial charge in [-0.05, 0) is 42.2 Å². The average molecular weight is 387 g/mol. The Morgan fingerprint density at radius 2 is 1.64 bits per heavy atom. The fourth-order valence-corrected chi connectivity index (χ4v) is 3.20. The average Bonchev–Trinajstić information content (AvgIpc) is 3.46. The lowest BCUT2D eigenvalue weighted by molar-refractivity contribution is -0.170. The molecule has 1 saturated carbocycles. The van der Waals surface area contributed by atoms with Crippen molar-refractivity contribution in [1.29, 1.82) is 0 Å². The molecule has 0 N–H and O–H groups in total. The van der Waals surface area contributed by atoms with Crippen LogP contribution in [0, 0.1) is 5.92 Å². The lowest BCUT2D eigenvalue weighted by atomic mass is 10.1. The van der Waals surface area contributed by atoms with E-state index in [0.29, 0.717) is 17.2 Å². The summed E-state index contributed by atoms with van der Waals surface area (Å²) in [4.78, 5) is 41.9. The number of rotatable bonds is 6. The van der Waals surface area contributed by atoms with Crippen molar-refractivity contribution in [3.63, 3.8) is 0 Å². The third-order valence-electron chi connectivity index (χ3n) is 4.72. The Balaban J connectivity index is 1.36. The van der Waals surface area contributed by atoms with Gasteiger partial charge in [-0.3, -0.25) is 9.59 Å². The highest BCUT2D eigenvalue weighted by atomic mass is 19.3. The molecule has 144 valence electrons. The number of carbonyl (C=O) groups excluding carboxylic acids is 3. The Labute approximate surface area is 158 Å². The summed E-state index contributed by atoms with van der Waals surface area (Å²) in [7, 11) is 0. The number of imide groups is 1. The maximum atomic E-state index is 12.4. The van der Waals surface area contributed by atoms with Crippen molar-refractivity contribution in [2.24, 2.45) is 5.92 Å². The molecule has 6 nitrogen and oxygen atoms in total. The van der Waals surface area contributed by atoms with E-state index in [1.165, 1.54) is 12.1 Å². The molecule has 2 unspecified atom stereocenters. The maximum Gasteiger partial charge on any atom is 0.336 e. The zero-order valence-electron chi connectivity index (χ0n) is 14.5. The molecule has 0 radical (unpaired) electrons. The van der Waals surface area contributed by atoms with Gasteiger partial charge in [0.25, 0.3) is 18.2 Å². The van der Waals surface area contributed by atoms with E-state index in [9.17, 15) is 23.2 Å². The minimum atomic E-state index is -2.55. The minimum Gasteiger partial charge on any atom is -0.488 e. The third-order valence-corrected chi connectivity index (χ3v) is 4.72. The van der Waals surface area contributed by atoms with E-state index in [-0.39, 0.29) is 17.0 Å². The second kappa shape index (κ2) is 7.03. The number of halogens is 2. The molecule has 8 heteroatoms. The first kappa shape index (κ1) is 18.1. The first-order valence-corrected chi connectivity index (χ1v) is 8.66. The van der Waals surface area contributed by atoms with E-state index in [1.54, 1.807) is 36.4 Å². The molecule has 1 aliphatic carbocycles. The summed E-state index contributed by atoms with van der Waals surface area (Å²) in [5, 5.41) is 0.504. The van der Waals surface area contributed by atoms with Gasteiger partial charge in [0.15, 0.2) is 0 Å². The van der Waals surface area contributed by atoms with Gasteiger partial charge in [0.2, 0.25) is 0 Å². The lowest BCUT2D eigenvalue weighted by Gasteiger charge is -2.12. The van der Waals surface area contributed by atoms with Crippen molar-refractivity contribution in [3.05, 3.63) is 65.2 Å². The molecule has 0 saturated heterocycles. The molecule has 2 aromatic rings. The van der Waals surface area contributed by atoms with Crippen LogP contribution in [0.15, 0.2) is 48.5 Å². The van der Waals surface area contributed by atoms with E-state index in [4.69, 9.17) is 9.57 Å². The predicted octanol–water partition coefficient (Wildman–Crippen LogP) is 3.19. The van der Waals surface area contributed by atoms with Crippen molar-refractivity contribution < 1.29 is 32.7 Å². The number of alkyl halides is 2. The molecule has 2 amide bonds. The molecular formula is C20H15F2NO5. The number of ether oxygens (including phenoxy) is 1. The fraction of sp³-hybridized carbons (Fsp3) is 0.250.